The van der Waals surface area contributed by atoms with Gasteiger partial charge >= 0.3 is 0 Å². The van der Waals surface area contributed by atoms with E-state index in [1.165, 1.54) is 0 Å². The molecule has 0 fully saturated rings. The van der Waals surface area contributed by atoms with Crippen LogP contribution in [-0.2, 0) is 0 Å². The molecule has 3 rings (SSSR count). The van der Waals surface area contributed by atoms with E-state index in [-0.39, 0.29) is 6.10 Å². The molecule has 22 heavy (non-hydrogen) atoms. The number of nitrogens with one attached hydrogen (secondary N) is 2. The minimum Gasteiger partial charge on any atom is -0.485 e. The van der Waals surface area contributed by atoms with Crippen LogP contribution in [0.1, 0.15) is 23.7 Å². The molecule has 1 aliphatic heterocycles. The molecule has 112 valence electrons. The Balaban J connectivity index is 1.93. The molecule has 0 saturated carbocycles. The number of benzene rings is 2. The first-order valence-corrected chi connectivity index (χ1v) is 7.54. The van der Waals surface area contributed by atoms with Crippen molar-refractivity contribution in [2.45, 2.75) is 12.5 Å². The normalized spacial score (nSPS) is 18.2. The summed E-state index contributed by atoms with van der Waals surface area (Å²) in [6, 6.07) is 18.1. The van der Waals surface area contributed by atoms with Crippen molar-refractivity contribution in [1.82, 2.24) is 10.7 Å². The summed E-state index contributed by atoms with van der Waals surface area (Å²) < 4.78 is 6.12. The SMILES string of the molecule is CNC(=S)N/N=C1/C[C@@H](c2ccccc2)Oc2ccccc21. The lowest BCUT2D eigenvalue weighted by atomic mass is 9.96. The molecule has 0 saturated heterocycles. The zero-order valence-electron chi connectivity index (χ0n) is 12.2. The van der Waals surface area contributed by atoms with Crippen molar-refractivity contribution in [3.8, 4) is 5.75 Å². The topological polar surface area (TPSA) is 45.7 Å². The number of hydrazone groups is 1. The summed E-state index contributed by atoms with van der Waals surface area (Å²) >= 11 is 5.08. The fourth-order valence-electron chi connectivity index (χ4n) is 2.42. The van der Waals surface area contributed by atoms with Crippen molar-refractivity contribution in [1.29, 1.82) is 0 Å². The van der Waals surface area contributed by atoms with E-state index in [1.54, 1.807) is 7.05 Å². The molecule has 2 aromatic carbocycles. The van der Waals surface area contributed by atoms with Crippen LogP contribution in [0.2, 0.25) is 0 Å². The number of hydrogen-bond acceptors (Lipinski definition) is 3. The van der Waals surface area contributed by atoms with Gasteiger partial charge in [-0.05, 0) is 29.9 Å². The molecule has 0 bridgehead atoms. The van der Waals surface area contributed by atoms with Crippen molar-refractivity contribution in [2.24, 2.45) is 5.10 Å². The Kier molecular flexibility index (Phi) is 4.34. The Morgan fingerprint density at radius 3 is 2.64 bits per heavy atom. The average molecular weight is 311 g/mol. The van der Waals surface area contributed by atoms with Crippen LogP contribution in [-0.4, -0.2) is 17.9 Å². The van der Waals surface area contributed by atoms with Gasteiger partial charge < -0.3 is 10.1 Å². The van der Waals surface area contributed by atoms with E-state index in [0.717, 1.165) is 22.6 Å². The molecule has 0 amide bonds. The predicted octanol–water partition coefficient (Wildman–Crippen LogP) is 3.01. The van der Waals surface area contributed by atoms with Gasteiger partial charge in [-0.1, -0.05) is 42.5 Å². The lowest BCUT2D eigenvalue weighted by Crippen LogP contribution is -2.31. The van der Waals surface area contributed by atoms with Crippen molar-refractivity contribution >= 4 is 23.0 Å². The van der Waals surface area contributed by atoms with Gasteiger partial charge in [-0.15, -0.1) is 0 Å². The van der Waals surface area contributed by atoms with Crippen molar-refractivity contribution in [3.05, 3.63) is 65.7 Å². The Hall–Kier alpha value is -2.40. The first kappa shape index (κ1) is 14.5. The van der Waals surface area contributed by atoms with E-state index in [2.05, 4.69) is 28.0 Å². The molecule has 1 aliphatic rings. The molecule has 0 spiro atoms. The summed E-state index contributed by atoms with van der Waals surface area (Å²) in [5.41, 5.74) is 5.95. The maximum atomic E-state index is 6.12. The first-order valence-electron chi connectivity index (χ1n) is 7.13. The fraction of sp³-hybridized carbons (Fsp3) is 0.176. The third kappa shape index (κ3) is 3.09. The quantitative estimate of drug-likeness (QED) is 0.661. The van der Waals surface area contributed by atoms with Gasteiger partial charge in [0.1, 0.15) is 11.9 Å². The van der Waals surface area contributed by atoms with Gasteiger partial charge in [0.25, 0.3) is 0 Å². The van der Waals surface area contributed by atoms with Crippen LogP contribution in [0.15, 0.2) is 59.7 Å². The van der Waals surface area contributed by atoms with Crippen molar-refractivity contribution in [3.63, 3.8) is 0 Å². The monoisotopic (exact) mass is 311 g/mol. The van der Waals surface area contributed by atoms with E-state index in [4.69, 9.17) is 17.0 Å². The second kappa shape index (κ2) is 6.58. The van der Waals surface area contributed by atoms with Gasteiger partial charge in [-0.3, -0.25) is 5.43 Å². The minimum absolute atomic E-state index is 0.0418. The third-order valence-electron chi connectivity index (χ3n) is 3.54. The highest BCUT2D eigenvalue weighted by atomic mass is 32.1. The largest absolute Gasteiger partial charge is 0.485 e. The highest BCUT2D eigenvalue weighted by Gasteiger charge is 2.26. The van der Waals surface area contributed by atoms with Gasteiger partial charge in [-0.25, -0.2) is 0 Å². The van der Waals surface area contributed by atoms with E-state index in [9.17, 15) is 0 Å². The zero-order chi connectivity index (χ0) is 15.4. The average Bonchev–Trinajstić information content (AvgIpc) is 2.59. The van der Waals surface area contributed by atoms with Gasteiger partial charge in [-0.2, -0.15) is 5.10 Å². The van der Waals surface area contributed by atoms with E-state index >= 15 is 0 Å². The van der Waals surface area contributed by atoms with Crippen LogP contribution in [0.5, 0.6) is 5.75 Å². The Labute approximate surface area is 135 Å². The summed E-state index contributed by atoms with van der Waals surface area (Å²) in [6.07, 6.45) is 0.653. The molecule has 0 aliphatic carbocycles. The summed E-state index contributed by atoms with van der Waals surface area (Å²) in [6.45, 7) is 0. The Morgan fingerprint density at radius 1 is 1.14 bits per heavy atom. The molecular weight excluding hydrogens is 294 g/mol. The van der Waals surface area contributed by atoms with Crippen LogP contribution in [0.4, 0.5) is 0 Å². The first-order chi connectivity index (χ1) is 10.8. The number of nitrogens with zero attached hydrogens (tertiary/aromatic N) is 1. The molecule has 1 heterocycles. The van der Waals surface area contributed by atoms with Crippen LogP contribution in [0.25, 0.3) is 0 Å². The molecule has 0 aromatic heterocycles. The number of fused-ring (bicyclic) bond motifs is 1. The second-order valence-electron chi connectivity index (χ2n) is 4.97. The molecule has 2 N–H and O–H groups in total. The summed E-state index contributed by atoms with van der Waals surface area (Å²) in [5.74, 6) is 0.846. The lowest BCUT2D eigenvalue weighted by Gasteiger charge is -2.27. The molecule has 0 unspecified atom stereocenters. The highest BCUT2D eigenvalue weighted by molar-refractivity contribution is 7.80. The van der Waals surface area contributed by atoms with E-state index in [0.29, 0.717) is 11.5 Å². The van der Waals surface area contributed by atoms with Crippen LogP contribution < -0.4 is 15.5 Å². The van der Waals surface area contributed by atoms with E-state index in [1.807, 2.05) is 42.5 Å². The Morgan fingerprint density at radius 2 is 1.86 bits per heavy atom. The maximum absolute atomic E-state index is 6.12. The molecule has 5 heteroatoms. The molecule has 0 radical (unpaired) electrons. The highest BCUT2D eigenvalue weighted by Crippen LogP contribution is 2.34. The smallest absolute Gasteiger partial charge is 0.186 e. The van der Waals surface area contributed by atoms with Gasteiger partial charge in [0, 0.05) is 19.0 Å². The van der Waals surface area contributed by atoms with Gasteiger partial charge in [0.2, 0.25) is 0 Å². The fourth-order valence-corrected chi connectivity index (χ4v) is 2.47. The summed E-state index contributed by atoms with van der Waals surface area (Å²) in [4.78, 5) is 0. The molecular formula is C17H17N3OS. The van der Waals surface area contributed by atoms with Crippen LogP contribution >= 0.6 is 12.2 Å². The predicted molar refractivity (Wildman–Crippen MR) is 92.2 cm³/mol. The van der Waals surface area contributed by atoms with E-state index < -0.39 is 0 Å². The summed E-state index contributed by atoms with van der Waals surface area (Å²) in [7, 11) is 1.76. The standard InChI is InChI=1S/C17H17N3OS/c1-18-17(22)20-19-14-11-16(12-7-3-2-4-8-12)21-15-10-6-5-9-13(14)15/h2-10,16H,11H2,1H3,(H2,18,20,22)/b19-14-/t16-/m0/s1. The second-order valence-corrected chi connectivity index (χ2v) is 5.38. The van der Waals surface area contributed by atoms with Crippen LogP contribution in [0, 0.1) is 0 Å². The number of hydrogen-bond donors (Lipinski definition) is 2. The maximum Gasteiger partial charge on any atom is 0.186 e. The van der Waals surface area contributed by atoms with Gasteiger partial charge in [0.15, 0.2) is 5.11 Å². The molecule has 4 nitrogen and oxygen atoms in total. The zero-order valence-corrected chi connectivity index (χ0v) is 13.1. The molecule has 2 aromatic rings. The third-order valence-corrected chi connectivity index (χ3v) is 3.83. The number of ether oxygens (including phenoxy) is 1. The van der Waals surface area contributed by atoms with Crippen molar-refractivity contribution < 1.29 is 4.74 Å². The van der Waals surface area contributed by atoms with Crippen LogP contribution in [0.3, 0.4) is 0 Å². The number of rotatable bonds is 2. The number of thiocarbonyl (C=S) groups is 1. The number of para-hydroxylation sites is 1. The Bertz CT molecular complexity index is 700. The minimum atomic E-state index is -0.0418. The lowest BCUT2D eigenvalue weighted by molar-refractivity contribution is 0.206. The van der Waals surface area contributed by atoms with Gasteiger partial charge in [0.05, 0.1) is 5.71 Å². The summed E-state index contributed by atoms with van der Waals surface area (Å²) in [5, 5.41) is 7.80. The molecule has 1 atom stereocenters. The van der Waals surface area contributed by atoms with Crippen molar-refractivity contribution in [2.75, 3.05) is 7.05 Å².